The maximum Gasteiger partial charge on any atom is 0.257 e. The Morgan fingerprint density at radius 2 is 2.20 bits per heavy atom. The number of rotatable bonds is 0. The van der Waals surface area contributed by atoms with E-state index in [1.807, 2.05) is 0 Å². The third-order valence-electron chi connectivity index (χ3n) is 0.372. The highest BCUT2D eigenvalue weighted by atomic mass is 19.1. The summed E-state index contributed by atoms with van der Waals surface area (Å²) in [7, 11) is 0. The molecule has 0 aromatic heterocycles. The zero-order valence-corrected chi connectivity index (χ0v) is 2.48. The second-order valence-corrected chi connectivity index (χ2v) is 0.791. The van der Waals surface area contributed by atoms with E-state index >= 15 is 0 Å². The molecule has 1 atom stereocenters. The smallest absolute Gasteiger partial charge is 0.228 e. The van der Waals surface area contributed by atoms with Crippen molar-refractivity contribution in [2.75, 3.05) is 6.61 Å². The van der Waals surface area contributed by atoms with Crippen LogP contribution in [0.4, 0.5) is 4.39 Å². The normalized spacial score (nSPS) is 36.6. The molecule has 3 heteroatoms. The number of hydrogen-bond donors (Lipinski definition) is 0. The molecule has 0 spiro atoms. The largest absolute Gasteiger partial charge is 0.257 e. The van der Waals surface area contributed by atoms with Crippen LogP contribution < -0.4 is 0 Å². The molecule has 0 aromatic rings. The van der Waals surface area contributed by atoms with Gasteiger partial charge in [0, 0.05) is 0 Å². The highest BCUT2D eigenvalue weighted by Crippen LogP contribution is 2.04. The molecule has 1 saturated heterocycles. The fraction of sp³-hybridized carbons (Fsp3) is 1.00. The lowest BCUT2D eigenvalue weighted by molar-refractivity contribution is -0.455. The average Bonchev–Trinajstić information content (AvgIpc) is 1.30. The highest BCUT2D eigenvalue weighted by Gasteiger charge is 2.17. The van der Waals surface area contributed by atoms with Gasteiger partial charge in [-0.3, -0.25) is 0 Å². The quantitative estimate of drug-likeness (QED) is 0.386. The van der Waals surface area contributed by atoms with Crippen molar-refractivity contribution in [2.24, 2.45) is 0 Å². The molecule has 1 unspecified atom stereocenters. The predicted molar refractivity (Wildman–Crippen MR) is 11.9 cm³/mol. The molecule has 0 amide bonds. The van der Waals surface area contributed by atoms with Crippen molar-refractivity contribution in [3.63, 3.8) is 0 Å². The van der Waals surface area contributed by atoms with Crippen molar-refractivity contribution >= 4 is 0 Å². The molecular formula is C2H3FO2. The molecule has 0 radical (unpaired) electrons. The summed E-state index contributed by atoms with van der Waals surface area (Å²) in [4.78, 5) is 7.72. The van der Waals surface area contributed by atoms with Crippen molar-refractivity contribution in [3.05, 3.63) is 0 Å². The fourth-order valence-corrected chi connectivity index (χ4v) is 0.119. The zero-order chi connectivity index (χ0) is 3.70. The molecule has 5 heavy (non-hydrogen) atoms. The number of alkyl halides is 1. The molecule has 2 nitrogen and oxygen atoms in total. The highest BCUT2D eigenvalue weighted by molar-refractivity contribution is 4.35. The molecule has 1 aliphatic heterocycles. The molecule has 1 rings (SSSR count). The van der Waals surface area contributed by atoms with Crippen LogP contribution >= 0.6 is 0 Å². The van der Waals surface area contributed by atoms with Crippen LogP contribution in [-0.2, 0) is 9.78 Å². The minimum atomic E-state index is -1.16. The summed E-state index contributed by atoms with van der Waals surface area (Å²) in [6.07, 6.45) is -1.16. The third kappa shape index (κ3) is 0.385. The second-order valence-electron chi connectivity index (χ2n) is 0.791. The summed E-state index contributed by atoms with van der Waals surface area (Å²) in [5, 5.41) is 0. The van der Waals surface area contributed by atoms with Crippen molar-refractivity contribution in [1.29, 1.82) is 0 Å². The molecule has 0 N–H and O–H groups in total. The van der Waals surface area contributed by atoms with Gasteiger partial charge in [0.25, 0.3) is 6.36 Å². The third-order valence-corrected chi connectivity index (χ3v) is 0.372. The summed E-state index contributed by atoms with van der Waals surface area (Å²) in [6.45, 7) is 0.0972. The first-order valence-electron chi connectivity index (χ1n) is 1.32. The van der Waals surface area contributed by atoms with E-state index in [1.54, 1.807) is 0 Å². The Hall–Kier alpha value is -0.150. The first-order valence-corrected chi connectivity index (χ1v) is 1.32. The zero-order valence-electron chi connectivity index (χ0n) is 2.48. The van der Waals surface area contributed by atoms with E-state index in [4.69, 9.17) is 0 Å². The molecule has 0 saturated carbocycles. The molecule has 1 heterocycles. The minimum absolute atomic E-state index is 0.0972. The SMILES string of the molecule is FC1COO1. The van der Waals surface area contributed by atoms with Gasteiger partial charge < -0.3 is 0 Å². The standard InChI is InChI=1S/C2H3FO2/c3-2-1-4-5-2/h2H,1H2. The Morgan fingerprint density at radius 3 is 2.20 bits per heavy atom. The van der Waals surface area contributed by atoms with Crippen molar-refractivity contribution in [3.8, 4) is 0 Å². The Kier molecular flexibility index (Phi) is 0.559. The first kappa shape index (κ1) is 3.06. The van der Waals surface area contributed by atoms with Crippen molar-refractivity contribution in [1.82, 2.24) is 0 Å². The summed E-state index contributed by atoms with van der Waals surface area (Å²) >= 11 is 0. The average molecular weight is 78.0 g/mol. The Morgan fingerprint density at radius 1 is 1.80 bits per heavy atom. The Bertz CT molecular complexity index is 34.6. The van der Waals surface area contributed by atoms with Crippen LogP contribution in [0.5, 0.6) is 0 Å². The topological polar surface area (TPSA) is 18.5 Å². The van der Waals surface area contributed by atoms with E-state index in [2.05, 4.69) is 9.78 Å². The molecule has 1 aliphatic rings. The van der Waals surface area contributed by atoms with E-state index in [0.29, 0.717) is 0 Å². The van der Waals surface area contributed by atoms with Gasteiger partial charge in [-0.15, -0.1) is 0 Å². The van der Waals surface area contributed by atoms with Gasteiger partial charge in [0.2, 0.25) is 0 Å². The first-order chi connectivity index (χ1) is 2.39. The van der Waals surface area contributed by atoms with E-state index in [1.165, 1.54) is 0 Å². The van der Waals surface area contributed by atoms with Crippen LogP contribution in [0, 0.1) is 0 Å². The van der Waals surface area contributed by atoms with Gasteiger partial charge in [-0.05, 0) is 0 Å². The van der Waals surface area contributed by atoms with Gasteiger partial charge >= 0.3 is 0 Å². The van der Waals surface area contributed by atoms with Gasteiger partial charge in [0.05, 0.1) is 0 Å². The van der Waals surface area contributed by atoms with Gasteiger partial charge in [-0.25, -0.2) is 9.28 Å². The Balaban J connectivity index is 2.08. The van der Waals surface area contributed by atoms with Crippen LogP contribution in [0.2, 0.25) is 0 Å². The maximum atomic E-state index is 11.2. The van der Waals surface area contributed by atoms with E-state index < -0.39 is 6.36 Å². The number of hydrogen-bond acceptors (Lipinski definition) is 2. The lowest BCUT2D eigenvalue weighted by Crippen LogP contribution is -2.25. The van der Waals surface area contributed by atoms with Gasteiger partial charge in [0.15, 0.2) is 0 Å². The van der Waals surface area contributed by atoms with E-state index in [-0.39, 0.29) is 6.61 Å². The lowest BCUT2D eigenvalue weighted by Gasteiger charge is -2.14. The van der Waals surface area contributed by atoms with E-state index in [0.717, 1.165) is 0 Å². The van der Waals surface area contributed by atoms with Gasteiger partial charge in [-0.2, -0.15) is 4.89 Å². The minimum Gasteiger partial charge on any atom is -0.228 e. The van der Waals surface area contributed by atoms with Crippen LogP contribution in [0.3, 0.4) is 0 Å². The molecular weight excluding hydrogens is 75.0 g/mol. The van der Waals surface area contributed by atoms with Crippen molar-refractivity contribution < 1.29 is 14.2 Å². The molecule has 1 fully saturated rings. The van der Waals surface area contributed by atoms with Gasteiger partial charge in [0.1, 0.15) is 6.61 Å². The summed E-state index contributed by atoms with van der Waals surface area (Å²) in [5.41, 5.74) is 0. The Labute approximate surface area is 28.4 Å². The van der Waals surface area contributed by atoms with Gasteiger partial charge in [-0.1, -0.05) is 0 Å². The summed E-state index contributed by atoms with van der Waals surface area (Å²) in [6, 6.07) is 0. The molecule has 30 valence electrons. The molecule has 0 bridgehead atoms. The predicted octanol–water partition coefficient (Wildman–Crippen LogP) is 0.244. The van der Waals surface area contributed by atoms with Crippen LogP contribution in [-0.4, -0.2) is 13.0 Å². The van der Waals surface area contributed by atoms with E-state index in [9.17, 15) is 4.39 Å². The van der Waals surface area contributed by atoms with Crippen molar-refractivity contribution in [2.45, 2.75) is 6.36 Å². The lowest BCUT2D eigenvalue weighted by atomic mass is 10.7. The van der Waals surface area contributed by atoms with Crippen LogP contribution in [0.1, 0.15) is 0 Å². The second kappa shape index (κ2) is 0.914. The monoisotopic (exact) mass is 78.0 g/mol. The van der Waals surface area contributed by atoms with Crippen LogP contribution in [0.25, 0.3) is 0 Å². The summed E-state index contributed by atoms with van der Waals surface area (Å²) < 4.78 is 11.2. The molecule has 0 aliphatic carbocycles. The number of halogens is 1. The summed E-state index contributed by atoms with van der Waals surface area (Å²) in [5.74, 6) is 0. The van der Waals surface area contributed by atoms with Crippen LogP contribution in [0.15, 0.2) is 0 Å². The fourth-order valence-electron chi connectivity index (χ4n) is 0.119. The molecule has 0 aromatic carbocycles. The maximum absolute atomic E-state index is 11.2.